The number of hydrogen-bond acceptors (Lipinski definition) is 6. The highest BCUT2D eigenvalue weighted by atomic mass is 32.2. The van der Waals surface area contributed by atoms with Crippen molar-refractivity contribution in [2.75, 3.05) is 31.1 Å². The highest BCUT2D eigenvalue weighted by Crippen LogP contribution is 2.26. The van der Waals surface area contributed by atoms with Gasteiger partial charge < -0.3 is 14.6 Å². The van der Waals surface area contributed by atoms with Gasteiger partial charge >= 0.3 is 0 Å². The number of sulfonamides is 1. The molecule has 2 aliphatic heterocycles. The van der Waals surface area contributed by atoms with Gasteiger partial charge in [0.25, 0.3) is 5.91 Å². The number of nitrogens with one attached hydrogen (secondary N) is 1. The second kappa shape index (κ2) is 8.77. The number of nitrogens with zero attached hydrogens (tertiary/aromatic N) is 3. The van der Waals surface area contributed by atoms with Gasteiger partial charge in [-0.25, -0.2) is 13.4 Å². The summed E-state index contributed by atoms with van der Waals surface area (Å²) >= 11 is 0. The number of piperidine rings is 1. The second-order valence-corrected chi connectivity index (χ2v) is 9.80. The number of aromatic nitrogens is 1. The SMILES string of the molecule is Cc1oc(C(=O)NCc2ccc(N3CCCCC3)nc2)cc1S(=O)(=O)N1CCCC1. The van der Waals surface area contributed by atoms with Crippen molar-refractivity contribution in [2.45, 2.75) is 50.5 Å². The summed E-state index contributed by atoms with van der Waals surface area (Å²) in [4.78, 5) is 19.4. The molecule has 0 saturated carbocycles. The van der Waals surface area contributed by atoms with Gasteiger partial charge in [0.05, 0.1) is 0 Å². The van der Waals surface area contributed by atoms with Crippen LogP contribution in [0, 0.1) is 6.92 Å². The molecule has 0 radical (unpaired) electrons. The number of amides is 1. The summed E-state index contributed by atoms with van der Waals surface area (Å²) < 4.78 is 32.4. The fourth-order valence-corrected chi connectivity index (χ4v) is 5.68. The summed E-state index contributed by atoms with van der Waals surface area (Å²) in [5, 5.41) is 2.78. The van der Waals surface area contributed by atoms with E-state index in [-0.39, 0.29) is 16.4 Å². The van der Waals surface area contributed by atoms with Crippen LogP contribution >= 0.6 is 0 Å². The summed E-state index contributed by atoms with van der Waals surface area (Å²) in [6.45, 7) is 4.94. The molecule has 9 heteroatoms. The molecule has 0 unspecified atom stereocenters. The standard InChI is InChI=1S/C21H28N4O4S/c1-16-19(30(27,28)25-11-5-6-12-25)13-18(29-16)21(26)23-15-17-7-8-20(22-14-17)24-9-3-2-4-10-24/h7-8,13-14H,2-6,9-12,15H2,1H3,(H,23,26). The molecule has 2 aliphatic rings. The Morgan fingerprint density at radius 2 is 1.80 bits per heavy atom. The quantitative estimate of drug-likeness (QED) is 0.754. The molecule has 0 spiro atoms. The van der Waals surface area contributed by atoms with Crippen molar-refractivity contribution in [3.8, 4) is 0 Å². The van der Waals surface area contributed by atoms with Crippen LogP contribution in [0.25, 0.3) is 0 Å². The first-order valence-electron chi connectivity index (χ1n) is 10.5. The summed E-state index contributed by atoms with van der Waals surface area (Å²) in [6.07, 6.45) is 7.13. The minimum atomic E-state index is -3.62. The molecular weight excluding hydrogens is 404 g/mol. The first-order chi connectivity index (χ1) is 14.4. The zero-order valence-electron chi connectivity index (χ0n) is 17.3. The number of rotatable bonds is 6. The fraction of sp³-hybridized carbons (Fsp3) is 0.524. The minimum absolute atomic E-state index is 0.00293. The van der Waals surface area contributed by atoms with Gasteiger partial charge in [0.15, 0.2) is 5.76 Å². The van der Waals surface area contributed by atoms with Crippen molar-refractivity contribution in [1.29, 1.82) is 0 Å². The van der Waals surface area contributed by atoms with E-state index in [0.29, 0.717) is 19.6 Å². The molecule has 0 aromatic carbocycles. The predicted molar refractivity (Wildman–Crippen MR) is 113 cm³/mol. The lowest BCUT2D eigenvalue weighted by Gasteiger charge is -2.27. The maximum absolute atomic E-state index is 12.8. The van der Waals surface area contributed by atoms with Crippen molar-refractivity contribution in [2.24, 2.45) is 0 Å². The van der Waals surface area contributed by atoms with Gasteiger partial charge in [-0.05, 0) is 50.7 Å². The number of aryl methyl sites for hydroxylation is 1. The number of carbonyl (C=O) groups is 1. The molecule has 0 aliphatic carbocycles. The molecule has 1 N–H and O–H groups in total. The molecule has 2 aromatic rings. The van der Waals surface area contributed by atoms with E-state index in [9.17, 15) is 13.2 Å². The fourth-order valence-electron chi connectivity index (χ4n) is 4.00. The first kappa shape index (κ1) is 20.9. The van der Waals surface area contributed by atoms with Crippen molar-refractivity contribution < 1.29 is 17.6 Å². The van der Waals surface area contributed by atoms with Crippen LogP contribution in [0.3, 0.4) is 0 Å². The Morgan fingerprint density at radius 1 is 1.10 bits per heavy atom. The van der Waals surface area contributed by atoms with Gasteiger partial charge in [-0.3, -0.25) is 4.79 Å². The van der Waals surface area contributed by atoms with Crippen molar-refractivity contribution in [3.63, 3.8) is 0 Å². The van der Waals surface area contributed by atoms with Crippen LogP contribution in [0.1, 0.15) is 54.0 Å². The topological polar surface area (TPSA) is 95.7 Å². The highest BCUT2D eigenvalue weighted by molar-refractivity contribution is 7.89. The molecule has 4 heterocycles. The Labute approximate surface area is 177 Å². The molecule has 162 valence electrons. The van der Waals surface area contributed by atoms with Gasteiger partial charge in [-0.15, -0.1) is 0 Å². The normalized spacial score (nSPS) is 18.0. The van der Waals surface area contributed by atoms with Gasteiger partial charge in [0.2, 0.25) is 10.0 Å². The lowest BCUT2D eigenvalue weighted by Crippen LogP contribution is -2.30. The Morgan fingerprint density at radius 3 is 2.47 bits per heavy atom. The van der Waals surface area contributed by atoms with E-state index >= 15 is 0 Å². The van der Waals surface area contributed by atoms with E-state index in [1.807, 2.05) is 12.1 Å². The summed E-state index contributed by atoms with van der Waals surface area (Å²) in [5.41, 5.74) is 0.872. The highest BCUT2D eigenvalue weighted by Gasteiger charge is 2.31. The molecule has 2 aromatic heterocycles. The Kier molecular flexibility index (Phi) is 6.10. The lowest BCUT2D eigenvalue weighted by atomic mass is 10.1. The maximum Gasteiger partial charge on any atom is 0.287 e. The predicted octanol–water partition coefficient (Wildman–Crippen LogP) is 2.69. The van der Waals surface area contributed by atoms with Crippen molar-refractivity contribution in [1.82, 2.24) is 14.6 Å². The van der Waals surface area contributed by atoms with Crippen LogP contribution in [0.2, 0.25) is 0 Å². The zero-order chi connectivity index (χ0) is 21.1. The number of hydrogen-bond donors (Lipinski definition) is 1. The molecule has 0 bridgehead atoms. The number of pyridine rings is 1. The van der Waals surface area contributed by atoms with Gasteiger partial charge in [0, 0.05) is 45.0 Å². The van der Waals surface area contributed by atoms with Gasteiger partial charge in [-0.1, -0.05) is 6.07 Å². The molecule has 8 nitrogen and oxygen atoms in total. The monoisotopic (exact) mass is 432 g/mol. The van der Waals surface area contributed by atoms with Crippen LogP contribution in [-0.4, -0.2) is 49.8 Å². The first-order valence-corrected chi connectivity index (χ1v) is 12.0. The van der Waals surface area contributed by atoms with Crippen LogP contribution in [0.5, 0.6) is 0 Å². The second-order valence-electron chi connectivity index (χ2n) is 7.90. The van der Waals surface area contributed by atoms with E-state index in [0.717, 1.165) is 37.3 Å². The smallest absolute Gasteiger partial charge is 0.287 e. The molecule has 30 heavy (non-hydrogen) atoms. The van der Waals surface area contributed by atoms with Crippen LogP contribution < -0.4 is 10.2 Å². The molecular formula is C21H28N4O4S. The zero-order valence-corrected chi connectivity index (χ0v) is 18.1. The average molecular weight is 433 g/mol. The largest absolute Gasteiger partial charge is 0.455 e. The minimum Gasteiger partial charge on any atom is -0.455 e. The maximum atomic E-state index is 12.8. The number of furan rings is 1. The van der Waals surface area contributed by atoms with Crippen LogP contribution in [-0.2, 0) is 16.6 Å². The van der Waals surface area contributed by atoms with Gasteiger partial charge in [-0.2, -0.15) is 4.31 Å². The molecule has 2 fully saturated rings. The molecule has 4 rings (SSSR count). The van der Waals surface area contributed by atoms with E-state index < -0.39 is 15.9 Å². The third-order valence-corrected chi connectivity index (χ3v) is 7.73. The lowest BCUT2D eigenvalue weighted by molar-refractivity contribution is 0.0922. The van der Waals surface area contributed by atoms with Crippen LogP contribution in [0.15, 0.2) is 33.7 Å². The Balaban J connectivity index is 1.38. The average Bonchev–Trinajstić information content (AvgIpc) is 3.44. The Bertz CT molecular complexity index is 989. The summed E-state index contributed by atoms with van der Waals surface area (Å²) in [5.74, 6) is 0.757. The molecule has 2 saturated heterocycles. The van der Waals surface area contributed by atoms with Crippen LogP contribution in [0.4, 0.5) is 5.82 Å². The Hall–Kier alpha value is -2.39. The molecule has 0 atom stereocenters. The van der Waals surface area contributed by atoms with E-state index in [4.69, 9.17) is 4.42 Å². The van der Waals surface area contributed by atoms with E-state index in [2.05, 4.69) is 15.2 Å². The number of anilines is 1. The third-order valence-electron chi connectivity index (χ3n) is 5.72. The van der Waals surface area contributed by atoms with Crippen molar-refractivity contribution >= 4 is 21.7 Å². The third kappa shape index (κ3) is 4.37. The van der Waals surface area contributed by atoms with Crippen molar-refractivity contribution in [3.05, 3.63) is 41.5 Å². The summed E-state index contributed by atoms with van der Waals surface area (Å²) in [7, 11) is -3.62. The molecule has 1 amide bonds. The van der Waals surface area contributed by atoms with E-state index in [1.54, 1.807) is 13.1 Å². The van der Waals surface area contributed by atoms with Gasteiger partial charge in [0.1, 0.15) is 16.5 Å². The number of carbonyl (C=O) groups excluding carboxylic acids is 1. The van der Waals surface area contributed by atoms with E-state index in [1.165, 1.54) is 29.6 Å². The summed E-state index contributed by atoms with van der Waals surface area (Å²) in [6, 6.07) is 5.26.